The van der Waals surface area contributed by atoms with Crippen LogP contribution in [0, 0.1) is 11.8 Å². The van der Waals surface area contributed by atoms with Gasteiger partial charge in [-0.25, -0.2) is 0 Å². The Morgan fingerprint density at radius 3 is 1.54 bits per heavy atom. The Labute approximate surface area is 389 Å². The number of fused-ring (bicyclic) bond motifs is 7. The molecule has 2 atom stereocenters. The van der Waals surface area contributed by atoms with Crippen molar-refractivity contribution in [2.24, 2.45) is 11.8 Å². The van der Waals surface area contributed by atoms with E-state index < -0.39 is 0 Å². The van der Waals surface area contributed by atoms with Gasteiger partial charge in [0.2, 0.25) is 0 Å². The molecule has 13 rings (SSSR count). The van der Waals surface area contributed by atoms with Crippen molar-refractivity contribution in [3.05, 3.63) is 260 Å². The maximum atomic E-state index is 6.15. The van der Waals surface area contributed by atoms with Crippen molar-refractivity contribution in [2.75, 3.05) is 4.90 Å². The van der Waals surface area contributed by atoms with Gasteiger partial charge in [0.25, 0.3) is 0 Å². The fraction of sp³-hybridized carbons (Fsp3) is 0.0312. The lowest BCUT2D eigenvalue weighted by Gasteiger charge is -2.27. The number of hydrogen-bond acceptors (Lipinski definition) is 2. The van der Waals surface area contributed by atoms with Gasteiger partial charge >= 0.3 is 0 Å². The molecule has 2 aliphatic carbocycles. The Morgan fingerprint density at radius 1 is 0.358 bits per heavy atom. The number of benzene rings is 9. The van der Waals surface area contributed by atoms with Gasteiger partial charge in [-0.3, -0.25) is 0 Å². The Hall–Kier alpha value is -8.66. The van der Waals surface area contributed by atoms with Gasteiger partial charge < -0.3 is 13.9 Å². The SMILES string of the molecule is C1=CC2C=CC=C(c3cccc(-c4ccc(N(c5ccc(-c6cccc(-n7c8ccccc8c8ccccc87)c6)cc5)c5ccc(-c6ccc7oc8ccccc8c7c6)cc5)cc4)c3)C2C=C1. The summed E-state index contributed by atoms with van der Waals surface area (Å²) in [6, 6.07) is 77.0. The lowest BCUT2D eigenvalue weighted by atomic mass is 9.77. The van der Waals surface area contributed by atoms with Crippen molar-refractivity contribution in [1.29, 1.82) is 0 Å². The highest BCUT2D eigenvalue weighted by Crippen LogP contribution is 2.42. The summed E-state index contributed by atoms with van der Waals surface area (Å²) in [4.78, 5) is 2.36. The van der Waals surface area contributed by atoms with Crippen molar-refractivity contribution < 1.29 is 4.42 Å². The first kappa shape index (κ1) is 38.8. The topological polar surface area (TPSA) is 21.3 Å². The summed E-state index contributed by atoms with van der Waals surface area (Å²) in [6.07, 6.45) is 15.8. The smallest absolute Gasteiger partial charge is 0.135 e. The summed E-state index contributed by atoms with van der Waals surface area (Å²) in [7, 11) is 0. The maximum absolute atomic E-state index is 6.15. The third-order valence-electron chi connectivity index (χ3n) is 13.8. The molecule has 9 aromatic carbocycles. The van der Waals surface area contributed by atoms with E-state index in [4.69, 9.17) is 4.42 Å². The predicted octanol–water partition coefficient (Wildman–Crippen LogP) is 17.5. The fourth-order valence-corrected chi connectivity index (χ4v) is 10.5. The number of allylic oxidation sites excluding steroid dienone is 8. The molecule has 0 saturated carbocycles. The van der Waals surface area contributed by atoms with Crippen molar-refractivity contribution in [2.45, 2.75) is 0 Å². The van der Waals surface area contributed by atoms with E-state index in [0.29, 0.717) is 11.8 Å². The average Bonchev–Trinajstić information content (AvgIpc) is 3.95. The first-order valence-electron chi connectivity index (χ1n) is 23.2. The number of rotatable bonds is 8. The Balaban J connectivity index is 0.857. The third kappa shape index (κ3) is 6.83. The van der Waals surface area contributed by atoms with Crippen LogP contribution < -0.4 is 4.90 Å². The van der Waals surface area contributed by atoms with E-state index in [9.17, 15) is 0 Å². The average molecular weight is 857 g/mol. The second-order valence-electron chi connectivity index (χ2n) is 17.7. The van der Waals surface area contributed by atoms with Gasteiger partial charge in [0.1, 0.15) is 11.2 Å². The number of para-hydroxylation sites is 3. The van der Waals surface area contributed by atoms with Crippen LogP contribution >= 0.6 is 0 Å². The Morgan fingerprint density at radius 2 is 0.866 bits per heavy atom. The lowest BCUT2D eigenvalue weighted by molar-refractivity contribution is 0.669. The number of aromatic nitrogens is 1. The Kier molecular flexibility index (Phi) is 9.31. The molecule has 2 heterocycles. The van der Waals surface area contributed by atoms with E-state index in [0.717, 1.165) is 61.4 Å². The molecule has 3 heteroatoms. The van der Waals surface area contributed by atoms with E-state index in [1.807, 2.05) is 12.1 Å². The second-order valence-corrected chi connectivity index (χ2v) is 17.7. The maximum Gasteiger partial charge on any atom is 0.135 e. The zero-order chi connectivity index (χ0) is 44.3. The highest BCUT2D eigenvalue weighted by atomic mass is 16.3. The van der Waals surface area contributed by atoms with Crippen LogP contribution in [0.15, 0.2) is 259 Å². The number of anilines is 3. The van der Waals surface area contributed by atoms with Crippen LogP contribution in [-0.2, 0) is 0 Å². The summed E-state index contributed by atoms with van der Waals surface area (Å²) < 4.78 is 8.54. The molecule has 0 radical (unpaired) electrons. The van der Waals surface area contributed by atoms with Crippen LogP contribution in [0.1, 0.15) is 5.56 Å². The van der Waals surface area contributed by atoms with Crippen LogP contribution in [0.5, 0.6) is 0 Å². The van der Waals surface area contributed by atoms with E-state index in [1.54, 1.807) is 0 Å². The van der Waals surface area contributed by atoms with E-state index >= 15 is 0 Å². The van der Waals surface area contributed by atoms with Crippen molar-refractivity contribution in [1.82, 2.24) is 4.57 Å². The summed E-state index contributed by atoms with van der Waals surface area (Å²) in [5, 5.41) is 4.79. The molecular weight excluding hydrogens is 813 g/mol. The predicted molar refractivity (Wildman–Crippen MR) is 281 cm³/mol. The summed E-state index contributed by atoms with van der Waals surface area (Å²) >= 11 is 0. The van der Waals surface area contributed by atoms with Gasteiger partial charge in [-0.15, -0.1) is 0 Å². The van der Waals surface area contributed by atoms with E-state index in [2.05, 4.69) is 252 Å². The number of hydrogen-bond donors (Lipinski definition) is 0. The van der Waals surface area contributed by atoms with E-state index in [1.165, 1.54) is 49.6 Å². The molecule has 0 aliphatic heterocycles. The minimum Gasteiger partial charge on any atom is -0.456 e. The van der Waals surface area contributed by atoms with Gasteiger partial charge in [0, 0.05) is 56.1 Å². The Bertz CT molecular complexity index is 3750. The molecule has 0 amide bonds. The lowest BCUT2D eigenvalue weighted by Crippen LogP contribution is -2.14. The molecule has 316 valence electrons. The zero-order valence-electron chi connectivity index (χ0n) is 36.7. The zero-order valence-corrected chi connectivity index (χ0v) is 36.7. The van der Waals surface area contributed by atoms with E-state index in [-0.39, 0.29) is 0 Å². The molecule has 3 nitrogen and oxygen atoms in total. The molecule has 2 aliphatic rings. The number of furan rings is 1. The standard InChI is InChI=1S/C64H44N2O/c1-2-18-55-46(12-1)13-11-22-56(55)50-16-9-14-47(40-50)43-26-33-51(34-27-43)65(53-37-30-45(31-38-53)49-32-39-64-60(42-49)59-21-5-8-25-63(59)67-64)52-35-28-44(29-36-52)48-15-10-17-54(41-48)66-61-23-6-3-19-57(61)58-20-4-7-24-62(58)66/h1-42,46,55H. The molecule has 0 fully saturated rings. The quantitative estimate of drug-likeness (QED) is 0.152. The first-order valence-corrected chi connectivity index (χ1v) is 23.2. The number of nitrogens with zero attached hydrogens (tertiary/aromatic N) is 2. The van der Waals surface area contributed by atoms with Crippen molar-refractivity contribution in [3.63, 3.8) is 0 Å². The van der Waals surface area contributed by atoms with Gasteiger partial charge in [0.15, 0.2) is 0 Å². The molecule has 11 aromatic rings. The van der Waals surface area contributed by atoms with Gasteiger partial charge in [-0.05, 0) is 129 Å². The normalized spacial score (nSPS) is 15.4. The molecule has 67 heavy (non-hydrogen) atoms. The fourth-order valence-electron chi connectivity index (χ4n) is 10.5. The molecule has 0 spiro atoms. The molecule has 2 aromatic heterocycles. The van der Waals surface area contributed by atoms with Crippen LogP contribution in [0.3, 0.4) is 0 Å². The molecule has 0 bridgehead atoms. The highest BCUT2D eigenvalue weighted by Gasteiger charge is 2.24. The largest absolute Gasteiger partial charge is 0.456 e. The summed E-state index contributed by atoms with van der Waals surface area (Å²) in [5.41, 5.74) is 18.3. The van der Waals surface area contributed by atoms with Crippen molar-refractivity contribution in [3.8, 4) is 39.1 Å². The van der Waals surface area contributed by atoms with Crippen LogP contribution in [0.2, 0.25) is 0 Å². The molecule has 0 saturated heterocycles. The summed E-state index contributed by atoms with van der Waals surface area (Å²) in [5.74, 6) is 0.760. The minimum atomic E-state index is 0.358. The van der Waals surface area contributed by atoms with Crippen LogP contribution in [0.4, 0.5) is 17.1 Å². The highest BCUT2D eigenvalue weighted by molar-refractivity contribution is 6.09. The molecule has 2 unspecified atom stereocenters. The van der Waals surface area contributed by atoms with Crippen LogP contribution in [0.25, 0.3) is 88.4 Å². The van der Waals surface area contributed by atoms with Crippen molar-refractivity contribution >= 4 is 66.4 Å². The van der Waals surface area contributed by atoms with Gasteiger partial charge in [-0.1, -0.05) is 170 Å². The minimum absolute atomic E-state index is 0.358. The summed E-state index contributed by atoms with van der Waals surface area (Å²) in [6.45, 7) is 0. The molecule has 0 N–H and O–H groups in total. The molecular formula is C64H44N2O. The van der Waals surface area contributed by atoms with Crippen LogP contribution in [-0.4, -0.2) is 4.57 Å². The van der Waals surface area contributed by atoms with Gasteiger partial charge in [-0.2, -0.15) is 0 Å². The third-order valence-corrected chi connectivity index (χ3v) is 13.8. The first-order chi connectivity index (χ1) is 33.2. The second kappa shape index (κ2) is 16.1. The van der Waals surface area contributed by atoms with Gasteiger partial charge in [0.05, 0.1) is 11.0 Å². The monoisotopic (exact) mass is 856 g/mol.